The van der Waals surface area contributed by atoms with Gasteiger partial charge in [-0.3, -0.25) is 0 Å². The van der Waals surface area contributed by atoms with E-state index in [9.17, 15) is 15.0 Å². The Hall–Kier alpha value is -3.07. The molecule has 3 aromatic rings. The van der Waals surface area contributed by atoms with Crippen molar-refractivity contribution in [3.63, 3.8) is 0 Å². The number of carbonyl (C=O) groups is 1. The number of aromatic hydroxyl groups is 1. The minimum atomic E-state index is -1.11. The summed E-state index contributed by atoms with van der Waals surface area (Å²) in [5.41, 5.74) is 5.67. The Kier molecular flexibility index (Phi) is 9.33. The summed E-state index contributed by atoms with van der Waals surface area (Å²) in [5, 5.41) is 20.4. The Morgan fingerprint density at radius 3 is 1.82 bits per heavy atom. The van der Waals surface area contributed by atoms with Gasteiger partial charge in [0.2, 0.25) is 0 Å². The minimum absolute atomic E-state index is 0.0463. The standard InChI is InChI=1S/C31H38O3/c1-4-6-9-23-13-17-25(18-14-23)22(3)21-29(26-19-15-24(16-20-26)10-7-5-2)27-11-8-12-28(30(27)32)31(33)34/h8,11-20,22,29,32H,4-7,9-10,21H2,1-3H3,(H,33,34). The molecule has 0 spiro atoms. The number of carboxylic acid groups (broad SMARTS) is 1. The molecule has 3 aromatic carbocycles. The molecule has 2 atom stereocenters. The van der Waals surface area contributed by atoms with E-state index in [-0.39, 0.29) is 23.1 Å². The maximum Gasteiger partial charge on any atom is 0.339 e. The van der Waals surface area contributed by atoms with Gasteiger partial charge in [-0.1, -0.05) is 94.3 Å². The van der Waals surface area contributed by atoms with E-state index >= 15 is 0 Å². The lowest BCUT2D eigenvalue weighted by atomic mass is 9.80. The first-order valence-corrected chi connectivity index (χ1v) is 12.7. The lowest BCUT2D eigenvalue weighted by Crippen LogP contribution is -2.09. The Balaban J connectivity index is 1.92. The average Bonchev–Trinajstić information content (AvgIpc) is 2.85. The van der Waals surface area contributed by atoms with Crippen molar-refractivity contribution in [2.75, 3.05) is 0 Å². The number of hydrogen-bond acceptors (Lipinski definition) is 2. The van der Waals surface area contributed by atoms with E-state index in [0.29, 0.717) is 5.56 Å². The number of rotatable bonds is 12. The van der Waals surface area contributed by atoms with Crippen LogP contribution in [0.25, 0.3) is 0 Å². The maximum atomic E-state index is 11.7. The van der Waals surface area contributed by atoms with Gasteiger partial charge in [0.25, 0.3) is 0 Å². The molecule has 2 N–H and O–H groups in total. The summed E-state index contributed by atoms with van der Waals surface area (Å²) >= 11 is 0. The summed E-state index contributed by atoms with van der Waals surface area (Å²) in [6.45, 7) is 6.61. The van der Waals surface area contributed by atoms with Crippen LogP contribution in [0.2, 0.25) is 0 Å². The molecular weight excluding hydrogens is 420 g/mol. The van der Waals surface area contributed by atoms with E-state index < -0.39 is 5.97 Å². The van der Waals surface area contributed by atoms with Crippen LogP contribution in [0.3, 0.4) is 0 Å². The molecule has 3 nitrogen and oxygen atoms in total. The van der Waals surface area contributed by atoms with Crippen LogP contribution in [0.15, 0.2) is 66.7 Å². The number of aryl methyl sites for hydroxylation is 2. The molecule has 0 radical (unpaired) electrons. The first-order valence-electron chi connectivity index (χ1n) is 12.7. The molecule has 0 saturated carbocycles. The van der Waals surface area contributed by atoms with Crippen LogP contribution in [0, 0.1) is 0 Å². The smallest absolute Gasteiger partial charge is 0.339 e. The topological polar surface area (TPSA) is 57.5 Å². The maximum absolute atomic E-state index is 11.7. The summed E-state index contributed by atoms with van der Waals surface area (Å²) in [5.74, 6) is -1.09. The molecule has 0 heterocycles. The molecule has 2 unspecified atom stereocenters. The third-order valence-corrected chi connectivity index (χ3v) is 6.83. The summed E-state index contributed by atoms with van der Waals surface area (Å²) in [6, 6.07) is 22.6. The normalized spacial score (nSPS) is 12.9. The van der Waals surface area contributed by atoms with Crippen molar-refractivity contribution >= 4 is 5.97 Å². The average molecular weight is 459 g/mol. The number of para-hydroxylation sites is 1. The second-order valence-electron chi connectivity index (χ2n) is 9.43. The van der Waals surface area contributed by atoms with E-state index in [2.05, 4.69) is 69.3 Å². The van der Waals surface area contributed by atoms with Crippen molar-refractivity contribution in [3.8, 4) is 5.75 Å². The van der Waals surface area contributed by atoms with Gasteiger partial charge in [-0.2, -0.15) is 0 Å². The lowest BCUT2D eigenvalue weighted by molar-refractivity contribution is 0.0693. The third kappa shape index (κ3) is 6.50. The molecule has 0 fully saturated rings. The van der Waals surface area contributed by atoms with Gasteiger partial charge in [-0.15, -0.1) is 0 Å². The van der Waals surface area contributed by atoms with Crippen molar-refractivity contribution in [2.24, 2.45) is 0 Å². The van der Waals surface area contributed by atoms with Crippen LogP contribution in [0.4, 0.5) is 0 Å². The summed E-state index contributed by atoms with van der Waals surface area (Å²) in [7, 11) is 0. The number of carboxylic acids is 1. The molecule has 0 aliphatic rings. The second-order valence-corrected chi connectivity index (χ2v) is 9.43. The second kappa shape index (κ2) is 12.4. The first-order chi connectivity index (χ1) is 16.4. The van der Waals surface area contributed by atoms with Crippen molar-refractivity contribution in [2.45, 2.75) is 77.6 Å². The Morgan fingerprint density at radius 2 is 1.32 bits per heavy atom. The molecule has 0 aliphatic carbocycles. The number of phenols is 1. The molecule has 0 amide bonds. The summed E-state index contributed by atoms with van der Waals surface area (Å²) in [6.07, 6.45) is 7.65. The number of unbranched alkanes of at least 4 members (excludes halogenated alkanes) is 2. The molecule has 34 heavy (non-hydrogen) atoms. The Labute approximate surface area is 204 Å². The number of hydrogen-bond donors (Lipinski definition) is 2. The quantitative estimate of drug-likeness (QED) is 0.288. The van der Waals surface area contributed by atoms with E-state index in [1.165, 1.54) is 35.6 Å². The van der Waals surface area contributed by atoms with Gasteiger partial charge in [0.05, 0.1) is 0 Å². The molecule has 3 rings (SSSR count). The third-order valence-electron chi connectivity index (χ3n) is 6.83. The van der Waals surface area contributed by atoms with Gasteiger partial charge in [0.1, 0.15) is 11.3 Å². The molecule has 3 heteroatoms. The highest BCUT2D eigenvalue weighted by Crippen LogP contribution is 2.40. The highest BCUT2D eigenvalue weighted by molar-refractivity contribution is 5.91. The predicted octanol–water partition coefficient (Wildman–Crippen LogP) is 8.10. The fourth-order valence-electron chi connectivity index (χ4n) is 4.64. The van der Waals surface area contributed by atoms with Crippen LogP contribution in [0.5, 0.6) is 5.75 Å². The number of benzene rings is 3. The van der Waals surface area contributed by atoms with Crippen LogP contribution >= 0.6 is 0 Å². The summed E-state index contributed by atoms with van der Waals surface area (Å²) in [4.78, 5) is 11.7. The van der Waals surface area contributed by atoms with Crippen molar-refractivity contribution < 1.29 is 15.0 Å². The van der Waals surface area contributed by atoms with Crippen molar-refractivity contribution in [3.05, 3.63) is 100 Å². The molecule has 0 aromatic heterocycles. The number of aromatic carboxylic acids is 1. The van der Waals surface area contributed by atoms with Gasteiger partial charge < -0.3 is 10.2 Å². The highest BCUT2D eigenvalue weighted by Gasteiger charge is 2.24. The minimum Gasteiger partial charge on any atom is -0.507 e. The van der Waals surface area contributed by atoms with Gasteiger partial charge >= 0.3 is 5.97 Å². The lowest BCUT2D eigenvalue weighted by Gasteiger charge is -2.24. The van der Waals surface area contributed by atoms with Crippen molar-refractivity contribution in [1.82, 2.24) is 0 Å². The van der Waals surface area contributed by atoms with Crippen molar-refractivity contribution in [1.29, 1.82) is 0 Å². The molecule has 0 bridgehead atoms. The van der Waals surface area contributed by atoms with E-state index in [1.54, 1.807) is 6.07 Å². The van der Waals surface area contributed by atoms with Crippen LogP contribution in [-0.2, 0) is 12.8 Å². The van der Waals surface area contributed by atoms with Gasteiger partial charge in [0, 0.05) is 11.5 Å². The van der Waals surface area contributed by atoms with E-state index in [0.717, 1.165) is 37.7 Å². The zero-order valence-corrected chi connectivity index (χ0v) is 20.8. The van der Waals surface area contributed by atoms with E-state index in [4.69, 9.17) is 0 Å². The fraction of sp³-hybridized carbons (Fsp3) is 0.387. The SMILES string of the molecule is CCCCc1ccc(C(C)CC(c2ccc(CCCC)cc2)c2cccc(C(=O)O)c2O)cc1. The Morgan fingerprint density at radius 1 is 0.794 bits per heavy atom. The Bertz CT molecular complexity index is 1050. The molecular formula is C31H38O3. The largest absolute Gasteiger partial charge is 0.507 e. The zero-order chi connectivity index (χ0) is 24.5. The predicted molar refractivity (Wildman–Crippen MR) is 140 cm³/mol. The van der Waals surface area contributed by atoms with Gasteiger partial charge in [-0.05, 0) is 66.3 Å². The fourth-order valence-corrected chi connectivity index (χ4v) is 4.64. The van der Waals surface area contributed by atoms with Crippen LogP contribution in [-0.4, -0.2) is 16.2 Å². The van der Waals surface area contributed by atoms with Gasteiger partial charge in [-0.25, -0.2) is 4.79 Å². The highest BCUT2D eigenvalue weighted by atomic mass is 16.4. The van der Waals surface area contributed by atoms with Crippen LogP contribution in [0.1, 0.15) is 103 Å². The molecule has 0 aliphatic heterocycles. The monoisotopic (exact) mass is 458 g/mol. The molecule has 0 saturated heterocycles. The van der Waals surface area contributed by atoms with Crippen LogP contribution < -0.4 is 0 Å². The van der Waals surface area contributed by atoms with E-state index in [1.807, 2.05) is 6.07 Å². The summed E-state index contributed by atoms with van der Waals surface area (Å²) < 4.78 is 0. The zero-order valence-electron chi connectivity index (χ0n) is 20.8. The molecule has 180 valence electrons. The first kappa shape index (κ1) is 25.6. The van der Waals surface area contributed by atoms with Gasteiger partial charge in [0.15, 0.2) is 0 Å².